The molecule has 0 aliphatic rings. The summed E-state index contributed by atoms with van der Waals surface area (Å²) >= 11 is 5.79. The van der Waals surface area contributed by atoms with Gasteiger partial charge in [0.15, 0.2) is 5.78 Å². The molecule has 2 aromatic carbocycles. The Balaban J connectivity index is 1.50. The molecule has 0 saturated carbocycles. The molecule has 3 aromatic rings. The fraction of sp³-hybridized carbons (Fsp3) is 0.143. The number of benzene rings is 2. The number of anilines is 1. The largest absolute Gasteiger partial charge is 0.492 e. The monoisotopic (exact) mass is 399 g/mol. The van der Waals surface area contributed by atoms with E-state index in [1.165, 1.54) is 18.2 Å². The second kappa shape index (κ2) is 9.19. The van der Waals surface area contributed by atoms with Crippen molar-refractivity contribution in [3.63, 3.8) is 0 Å². The average molecular weight is 400 g/mol. The van der Waals surface area contributed by atoms with Gasteiger partial charge in [-0.25, -0.2) is 4.39 Å². The number of aromatic nitrogens is 2. The van der Waals surface area contributed by atoms with Gasteiger partial charge >= 0.3 is 0 Å². The number of allylic oxidation sites excluding steroid dienone is 1. The predicted molar refractivity (Wildman–Crippen MR) is 108 cm³/mol. The standard InChI is InChI=1S/C21H19ClFN3O2/c22-17-10-18(23)12-20(11-17)28-8-7-26-14-15(13-25-26)5-6-19(27)9-16-3-1-2-4-21(16)24/h1-6,10-14H,7-9,24H2/b6-5+. The minimum absolute atomic E-state index is 0.0445. The molecule has 0 fully saturated rings. The molecule has 0 unspecified atom stereocenters. The number of carbonyl (C=O) groups is 1. The number of ether oxygens (including phenoxy) is 1. The third-order valence-electron chi connectivity index (χ3n) is 3.96. The van der Waals surface area contributed by atoms with Crippen LogP contribution in [0.2, 0.25) is 5.02 Å². The van der Waals surface area contributed by atoms with Crippen molar-refractivity contribution in [3.8, 4) is 5.75 Å². The third kappa shape index (κ3) is 5.69. The number of ketones is 1. The first kappa shape index (κ1) is 19.6. The summed E-state index contributed by atoms with van der Waals surface area (Å²) in [5.74, 6) is -0.129. The molecule has 0 amide bonds. The topological polar surface area (TPSA) is 70.1 Å². The Bertz CT molecular complexity index is 981. The van der Waals surface area contributed by atoms with E-state index in [1.807, 2.05) is 18.2 Å². The Labute approximate surface area is 167 Å². The molecule has 0 radical (unpaired) electrons. The molecule has 144 valence electrons. The lowest BCUT2D eigenvalue weighted by molar-refractivity contribution is -0.113. The quantitative estimate of drug-likeness (QED) is 0.456. The molecular formula is C21H19ClFN3O2. The number of nitrogen functional groups attached to an aromatic ring is 1. The van der Waals surface area contributed by atoms with E-state index in [4.69, 9.17) is 22.1 Å². The lowest BCUT2D eigenvalue weighted by Crippen LogP contribution is -2.08. The summed E-state index contributed by atoms with van der Waals surface area (Å²) in [7, 11) is 0. The van der Waals surface area contributed by atoms with Crippen molar-refractivity contribution in [3.05, 3.63) is 82.9 Å². The summed E-state index contributed by atoms with van der Waals surface area (Å²) in [6.07, 6.45) is 6.92. The van der Waals surface area contributed by atoms with E-state index in [0.717, 1.165) is 11.1 Å². The van der Waals surface area contributed by atoms with E-state index >= 15 is 0 Å². The van der Waals surface area contributed by atoms with Gasteiger partial charge in [-0.1, -0.05) is 29.8 Å². The van der Waals surface area contributed by atoms with Gasteiger partial charge in [-0.15, -0.1) is 0 Å². The zero-order valence-corrected chi connectivity index (χ0v) is 15.8. The SMILES string of the molecule is Nc1ccccc1CC(=O)/C=C/c1cnn(CCOc2cc(F)cc(Cl)c2)c1. The van der Waals surface area contributed by atoms with E-state index in [-0.39, 0.29) is 17.2 Å². The minimum atomic E-state index is -0.448. The van der Waals surface area contributed by atoms with Crippen molar-refractivity contribution in [2.45, 2.75) is 13.0 Å². The van der Waals surface area contributed by atoms with Crippen molar-refractivity contribution in [1.29, 1.82) is 0 Å². The van der Waals surface area contributed by atoms with Crippen LogP contribution in [-0.2, 0) is 17.8 Å². The van der Waals surface area contributed by atoms with Crippen LogP contribution in [0.3, 0.4) is 0 Å². The van der Waals surface area contributed by atoms with Gasteiger partial charge in [0.25, 0.3) is 0 Å². The number of halogens is 2. The molecule has 0 bridgehead atoms. The first-order valence-electron chi connectivity index (χ1n) is 8.65. The highest BCUT2D eigenvalue weighted by atomic mass is 35.5. The smallest absolute Gasteiger partial charge is 0.160 e. The zero-order chi connectivity index (χ0) is 19.9. The van der Waals surface area contributed by atoms with E-state index in [1.54, 1.807) is 35.3 Å². The highest BCUT2D eigenvalue weighted by Crippen LogP contribution is 2.20. The van der Waals surface area contributed by atoms with Crippen molar-refractivity contribution in [1.82, 2.24) is 9.78 Å². The van der Waals surface area contributed by atoms with Gasteiger partial charge in [-0.2, -0.15) is 5.10 Å². The van der Waals surface area contributed by atoms with Crippen molar-refractivity contribution in [2.24, 2.45) is 0 Å². The van der Waals surface area contributed by atoms with Crippen molar-refractivity contribution < 1.29 is 13.9 Å². The van der Waals surface area contributed by atoms with Crippen LogP contribution in [0.25, 0.3) is 6.08 Å². The van der Waals surface area contributed by atoms with Crippen LogP contribution < -0.4 is 10.5 Å². The maximum atomic E-state index is 13.3. The number of carbonyl (C=O) groups excluding carboxylic acids is 1. The molecule has 2 N–H and O–H groups in total. The Hall–Kier alpha value is -3.12. The average Bonchev–Trinajstić information content (AvgIpc) is 3.09. The summed E-state index contributed by atoms with van der Waals surface area (Å²) in [6.45, 7) is 0.771. The van der Waals surface area contributed by atoms with Gasteiger partial charge in [0.05, 0.1) is 12.7 Å². The Morgan fingerprint density at radius 2 is 2.11 bits per heavy atom. The summed E-state index contributed by atoms with van der Waals surface area (Å²) in [5, 5.41) is 4.49. The minimum Gasteiger partial charge on any atom is -0.492 e. The number of para-hydroxylation sites is 1. The number of nitrogens with two attached hydrogens (primary N) is 1. The van der Waals surface area contributed by atoms with E-state index in [2.05, 4.69) is 5.10 Å². The number of hydrogen-bond acceptors (Lipinski definition) is 4. The fourth-order valence-electron chi connectivity index (χ4n) is 2.59. The molecule has 0 aliphatic heterocycles. The van der Waals surface area contributed by atoms with Gasteiger partial charge in [-0.3, -0.25) is 9.48 Å². The van der Waals surface area contributed by atoms with Crippen LogP contribution in [0, 0.1) is 5.82 Å². The lowest BCUT2D eigenvalue weighted by Gasteiger charge is -2.06. The van der Waals surface area contributed by atoms with Crippen molar-refractivity contribution in [2.75, 3.05) is 12.3 Å². The number of nitrogens with zero attached hydrogens (tertiary/aromatic N) is 2. The number of hydrogen-bond donors (Lipinski definition) is 1. The Morgan fingerprint density at radius 3 is 2.89 bits per heavy atom. The predicted octanol–water partition coefficient (Wildman–Crippen LogP) is 4.16. The molecule has 1 aromatic heterocycles. The first-order chi connectivity index (χ1) is 13.5. The molecule has 5 nitrogen and oxygen atoms in total. The normalized spacial score (nSPS) is 11.1. The Morgan fingerprint density at radius 1 is 1.29 bits per heavy atom. The maximum absolute atomic E-state index is 13.3. The molecule has 3 rings (SSSR count). The molecule has 7 heteroatoms. The highest BCUT2D eigenvalue weighted by molar-refractivity contribution is 6.30. The van der Waals surface area contributed by atoms with E-state index in [9.17, 15) is 9.18 Å². The van der Waals surface area contributed by atoms with Crippen LogP contribution in [-0.4, -0.2) is 22.2 Å². The molecule has 0 atom stereocenters. The van der Waals surface area contributed by atoms with Crippen LogP contribution in [0.1, 0.15) is 11.1 Å². The maximum Gasteiger partial charge on any atom is 0.160 e. The van der Waals surface area contributed by atoms with Gasteiger partial charge in [0.1, 0.15) is 18.2 Å². The zero-order valence-electron chi connectivity index (χ0n) is 15.0. The van der Waals surface area contributed by atoms with Crippen molar-refractivity contribution >= 4 is 29.1 Å². The van der Waals surface area contributed by atoms with E-state index in [0.29, 0.717) is 24.6 Å². The van der Waals surface area contributed by atoms with Gasteiger partial charge in [-0.05, 0) is 35.9 Å². The molecule has 0 aliphatic carbocycles. The van der Waals surface area contributed by atoms with Gasteiger partial charge < -0.3 is 10.5 Å². The summed E-state index contributed by atoms with van der Waals surface area (Å²) in [4.78, 5) is 12.1. The summed E-state index contributed by atoms with van der Waals surface area (Å²) in [5.41, 5.74) is 8.07. The van der Waals surface area contributed by atoms with Crippen LogP contribution >= 0.6 is 11.6 Å². The van der Waals surface area contributed by atoms with Crippen LogP contribution in [0.15, 0.2) is 60.9 Å². The van der Waals surface area contributed by atoms with Crippen LogP contribution in [0.5, 0.6) is 5.75 Å². The number of rotatable bonds is 8. The lowest BCUT2D eigenvalue weighted by atomic mass is 10.1. The summed E-state index contributed by atoms with van der Waals surface area (Å²) in [6, 6.07) is 11.3. The highest BCUT2D eigenvalue weighted by Gasteiger charge is 2.04. The first-order valence-corrected chi connectivity index (χ1v) is 9.03. The van der Waals surface area contributed by atoms with E-state index < -0.39 is 5.82 Å². The third-order valence-corrected chi connectivity index (χ3v) is 4.18. The molecule has 28 heavy (non-hydrogen) atoms. The second-order valence-corrected chi connectivity index (χ2v) is 6.60. The van der Waals surface area contributed by atoms with Gasteiger partial charge in [0, 0.05) is 35.0 Å². The summed E-state index contributed by atoms with van der Waals surface area (Å²) < 4.78 is 20.4. The molecule has 0 spiro atoms. The molecular weight excluding hydrogens is 381 g/mol. The van der Waals surface area contributed by atoms with Crippen LogP contribution in [0.4, 0.5) is 10.1 Å². The molecule has 1 heterocycles. The molecule has 0 saturated heterocycles. The Kier molecular flexibility index (Phi) is 6.45. The second-order valence-electron chi connectivity index (χ2n) is 6.17. The van der Waals surface area contributed by atoms with Gasteiger partial charge in [0.2, 0.25) is 0 Å². The fourth-order valence-corrected chi connectivity index (χ4v) is 2.80.